The summed E-state index contributed by atoms with van der Waals surface area (Å²) in [6, 6.07) is 17.9. The van der Waals surface area contributed by atoms with Gasteiger partial charge in [0.15, 0.2) is 9.99 Å². The quantitative estimate of drug-likeness (QED) is 0.308. The van der Waals surface area contributed by atoms with Crippen LogP contribution in [0.4, 0.5) is 5.69 Å². The zero-order chi connectivity index (χ0) is 22.1. The molecule has 8 heteroatoms. The molecule has 0 radical (unpaired) electrons. The molecule has 5 aromatic rings. The highest BCUT2D eigenvalue weighted by molar-refractivity contribution is 8.00. The highest BCUT2D eigenvalue weighted by Crippen LogP contribution is 2.32. The third-order valence-electron chi connectivity index (χ3n) is 5.07. The zero-order valence-corrected chi connectivity index (χ0v) is 19.3. The monoisotopic (exact) mass is 459 g/mol. The van der Waals surface area contributed by atoms with Crippen LogP contribution in [-0.2, 0) is 5.75 Å². The van der Waals surface area contributed by atoms with Crippen molar-refractivity contribution < 1.29 is 4.79 Å². The molecule has 0 aliphatic heterocycles. The van der Waals surface area contributed by atoms with Crippen molar-refractivity contribution in [2.24, 2.45) is 0 Å². The first-order valence-electron chi connectivity index (χ1n) is 10.3. The van der Waals surface area contributed by atoms with Gasteiger partial charge >= 0.3 is 0 Å². The van der Waals surface area contributed by atoms with Crippen LogP contribution in [0.2, 0.25) is 0 Å². The fourth-order valence-electron chi connectivity index (χ4n) is 3.50. The minimum atomic E-state index is -0.150. The van der Waals surface area contributed by atoms with E-state index in [-0.39, 0.29) is 11.9 Å². The van der Waals surface area contributed by atoms with E-state index in [1.54, 1.807) is 35.5 Å². The molecular formula is C24H21N5OS2. The first-order chi connectivity index (χ1) is 15.6. The highest BCUT2D eigenvalue weighted by Gasteiger charge is 2.14. The van der Waals surface area contributed by atoms with Crippen molar-refractivity contribution in [1.29, 1.82) is 0 Å². The fourth-order valence-corrected chi connectivity index (χ4v) is 5.58. The van der Waals surface area contributed by atoms with Gasteiger partial charge in [-0.2, -0.15) is 5.10 Å². The average molecular weight is 460 g/mol. The summed E-state index contributed by atoms with van der Waals surface area (Å²) in [5.74, 6) is 0.518. The number of carbonyl (C=O) groups is 1. The number of nitrogens with zero attached hydrogens (tertiary/aromatic N) is 4. The van der Waals surface area contributed by atoms with Gasteiger partial charge in [0.05, 0.1) is 28.3 Å². The molecular weight excluding hydrogens is 438 g/mol. The molecule has 1 amide bonds. The number of aromatic nitrogens is 4. The maximum Gasteiger partial charge on any atom is 0.256 e. The summed E-state index contributed by atoms with van der Waals surface area (Å²) < 4.78 is 4.04. The van der Waals surface area contributed by atoms with Crippen molar-refractivity contribution in [3.63, 3.8) is 0 Å². The first kappa shape index (κ1) is 20.7. The lowest BCUT2D eigenvalue weighted by atomic mass is 10.1. The van der Waals surface area contributed by atoms with Crippen LogP contribution in [0.25, 0.3) is 21.3 Å². The minimum absolute atomic E-state index is 0.150. The second kappa shape index (κ2) is 8.72. The number of benzene rings is 2. The standard InChI is InChI=1S/C24H21N5OS2/c1-15(2)29-22-17(12-26-29)11-18(13-25-22)27-23(30)19-8-4-3-7-16(19)14-31-24-28-20-9-5-6-10-21(20)32-24/h3-13,15H,14H2,1-2H3,(H,27,30). The van der Waals surface area contributed by atoms with E-state index in [0.717, 1.165) is 26.5 Å². The Morgan fingerprint density at radius 1 is 1.12 bits per heavy atom. The number of hydrogen-bond donors (Lipinski definition) is 1. The molecule has 160 valence electrons. The molecule has 0 aliphatic rings. The number of para-hydroxylation sites is 1. The molecule has 0 unspecified atom stereocenters. The maximum absolute atomic E-state index is 13.1. The molecule has 5 rings (SSSR count). The molecule has 1 N–H and O–H groups in total. The largest absolute Gasteiger partial charge is 0.321 e. The van der Waals surface area contributed by atoms with Crippen LogP contribution in [0, 0.1) is 0 Å². The molecule has 0 bridgehead atoms. The van der Waals surface area contributed by atoms with Crippen LogP contribution in [0.3, 0.4) is 0 Å². The van der Waals surface area contributed by atoms with Crippen molar-refractivity contribution in [3.05, 3.63) is 78.1 Å². The summed E-state index contributed by atoms with van der Waals surface area (Å²) in [7, 11) is 0. The summed E-state index contributed by atoms with van der Waals surface area (Å²) >= 11 is 3.32. The van der Waals surface area contributed by atoms with Crippen molar-refractivity contribution in [2.45, 2.75) is 30.0 Å². The molecule has 2 aromatic carbocycles. The van der Waals surface area contributed by atoms with Gasteiger partial charge in [-0.1, -0.05) is 42.1 Å². The van der Waals surface area contributed by atoms with Gasteiger partial charge in [0.25, 0.3) is 5.91 Å². The third kappa shape index (κ3) is 4.11. The topological polar surface area (TPSA) is 72.7 Å². The maximum atomic E-state index is 13.1. The number of thiazole rings is 1. The smallest absolute Gasteiger partial charge is 0.256 e. The second-order valence-electron chi connectivity index (χ2n) is 7.67. The summed E-state index contributed by atoms with van der Waals surface area (Å²) in [4.78, 5) is 22.2. The van der Waals surface area contributed by atoms with Gasteiger partial charge in [0, 0.05) is 22.7 Å². The van der Waals surface area contributed by atoms with Gasteiger partial charge in [-0.3, -0.25) is 4.79 Å². The van der Waals surface area contributed by atoms with Crippen molar-refractivity contribution in [2.75, 3.05) is 5.32 Å². The predicted octanol–water partition coefficient (Wildman–Crippen LogP) is 6.17. The molecule has 6 nitrogen and oxygen atoms in total. The lowest BCUT2D eigenvalue weighted by Crippen LogP contribution is -2.14. The second-order valence-corrected chi connectivity index (χ2v) is 9.92. The van der Waals surface area contributed by atoms with E-state index in [1.807, 2.05) is 53.2 Å². The Morgan fingerprint density at radius 3 is 2.78 bits per heavy atom. The van der Waals surface area contributed by atoms with E-state index in [0.29, 0.717) is 17.0 Å². The normalized spacial score (nSPS) is 11.5. The Bertz CT molecular complexity index is 1390. The molecule has 3 heterocycles. The van der Waals surface area contributed by atoms with Crippen LogP contribution in [0.1, 0.15) is 35.8 Å². The van der Waals surface area contributed by atoms with Gasteiger partial charge < -0.3 is 5.32 Å². The lowest BCUT2D eigenvalue weighted by molar-refractivity contribution is 0.102. The van der Waals surface area contributed by atoms with E-state index in [4.69, 9.17) is 0 Å². The van der Waals surface area contributed by atoms with Gasteiger partial charge in [-0.15, -0.1) is 11.3 Å². The Labute approximate surface area is 193 Å². The number of rotatable bonds is 6. The van der Waals surface area contributed by atoms with Crippen molar-refractivity contribution >= 4 is 55.9 Å². The van der Waals surface area contributed by atoms with Gasteiger partial charge in [0.1, 0.15) is 0 Å². The van der Waals surface area contributed by atoms with E-state index in [9.17, 15) is 4.79 Å². The Kier molecular flexibility index (Phi) is 5.63. The van der Waals surface area contributed by atoms with Crippen LogP contribution < -0.4 is 5.32 Å². The van der Waals surface area contributed by atoms with Crippen molar-refractivity contribution in [1.82, 2.24) is 19.7 Å². The molecule has 0 saturated carbocycles. The van der Waals surface area contributed by atoms with E-state index < -0.39 is 0 Å². The van der Waals surface area contributed by atoms with Crippen LogP contribution in [0.15, 0.2) is 71.3 Å². The average Bonchev–Trinajstić information content (AvgIpc) is 3.41. The van der Waals surface area contributed by atoms with Gasteiger partial charge in [0.2, 0.25) is 0 Å². The minimum Gasteiger partial charge on any atom is -0.321 e. The lowest BCUT2D eigenvalue weighted by Gasteiger charge is -2.10. The number of nitrogens with one attached hydrogen (secondary N) is 1. The van der Waals surface area contributed by atoms with E-state index >= 15 is 0 Å². The number of fused-ring (bicyclic) bond motifs is 2. The molecule has 0 saturated heterocycles. The van der Waals surface area contributed by atoms with Gasteiger partial charge in [-0.05, 0) is 43.7 Å². The number of thioether (sulfide) groups is 1. The summed E-state index contributed by atoms with van der Waals surface area (Å²) in [6.07, 6.45) is 3.46. The zero-order valence-electron chi connectivity index (χ0n) is 17.6. The molecule has 3 aromatic heterocycles. The number of pyridine rings is 1. The summed E-state index contributed by atoms with van der Waals surface area (Å²) in [5.41, 5.74) is 4.09. The fraction of sp³-hybridized carbons (Fsp3) is 0.167. The number of amides is 1. The highest BCUT2D eigenvalue weighted by atomic mass is 32.2. The van der Waals surface area contributed by atoms with E-state index in [2.05, 4.69) is 40.3 Å². The molecule has 32 heavy (non-hydrogen) atoms. The molecule has 0 spiro atoms. The Morgan fingerprint density at radius 2 is 1.94 bits per heavy atom. The van der Waals surface area contributed by atoms with Gasteiger partial charge in [-0.25, -0.2) is 14.6 Å². The predicted molar refractivity (Wildman–Crippen MR) is 131 cm³/mol. The van der Waals surface area contributed by atoms with Crippen LogP contribution in [0.5, 0.6) is 0 Å². The van der Waals surface area contributed by atoms with E-state index in [1.165, 1.54) is 4.70 Å². The number of hydrogen-bond acceptors (Lipinski definition) is 6. The van der Waals surface area contributed by atoms with Crippen molar-refractivity contribution in [3.8, 4) is 0 Å². The summed E-state index contributed by atoms with van der Waals surface area (Å²) in [6.45, 7) is 4.13. The Balaban J connectivity index is 1.33. The molecule has 0 fully saturated rings. The Hall–Kier alpha value is -3.23. The molecule has 0 aliphatic carbocycles. The number of carbonyl (C=O) groups excluding carboxylic acids is 1. The molecule has 0 atom stereocenters. The summed E-state index contributed by atoms with van der Waals surface area (Å²) in [5, 5.41) is 8.28. The first-order valence-corrected chi connectivity index (χ1v) is 12.1. The SMILES string of the molecule is CC(C)n1ncc2cc(NC(=O)c3ccccc3CSc3nc4ccccc4s3)cnc21. The number of anilines is 1. The van der Waals surface area contributed by atoms with Crippen LogP contribution in [-0.4, -0.2) is 25.7 Å². The van der Waals surface area contributed by atoms with Crippen LogP contribution >= 0.6 is 23.1 Å². The third-order valence-corrected chi connectivity index (χ3v) is 7.30.